The molecule has 0 unspecified atom stereocenters. The van der Waals surface area contributed by atoms with Crippen molar-refractivity contribution in [3.8, 4) is 0 Å². The number of hydrogen-bond donors (Lipinski definition) is 2. The van der Waals surface area contributed by atoms with Crippen LogP contribution in [0.4, 0.5) is 4.79 Å². The molecule has 2 amide bonds. The summed E-state index contributed by atoms with van der Waals surface area (Å²) in [4.78, 5) is 24.0. The SMILES string of the molecule is COCCCN(C)C(=O)N[C@@H](C(=O)O)C(C)C. The molecule has 0 aliphatic heterocycles. The Hall–Kier alpha value is -1.30. The molecule has 6 heteroatoms. The highest BCUT2D eigenvalue weighted by Gasteiger charge is 2.24. The molecular formula is C11H22N2O4. The van der Waals surface area contributed by atoms with Gasteiger partial charge in [-0.1, -0.05) is 13.8 Å². The molecule has 6 nitrogen and oxygen atoms in total. The lowest BCUT2D eigenvalue weighted by Gasteiger charge is -2.23. The van der Waals surface area contributed by atoms with Crippen molar-refractivity contribution in [3.05, 3.63) is 0 Å². The van der Waals surface area contributed by atoms with E-state index in [2.05, 4.69) is 5.32 Å². The quantitative estimate of drug-likeness (QED) is 0.650. The van der Waals surface area contributed by atoms with E-state index in [9.17, 15) is 9.59 Å². The van der Waals surface area contributed by atoms with Crippen LogP contribution in [0.5, 0.6) is 0 Å². The fraction of sp³-hybridized carbons (Fsp3) is 0.818. The highest BCUT2D eigenvalue weighted by atomic mass is 16.5. The molecule has 0 heterocycles. The number of urea groups is 1. The Morgan fingerprint density at radius 2 is 2.00 bits per heavy atom. The summed E-state index contributed by atoms with van der Waals surface area (Å²) in [5.41, 5.74) is 0. The average Bonchev–Trinajstić information content (AvgIpc) is 2.24. The Bertz CT molecular complexity index is 256. The van der Waals surface area contributed by atoms with Gasteiger partial charge < -0.3 is 20.1 Å². The summed E-state index contributed by atoms with van der Waals surface area (Å²) < 4.78 is 4.88. The number of nitrogens with zero attached hydrogens (tertiary/aromatic N) is 1. The molecule has 100 valence electrons. The molecule has 0 bridgehead atoms. The lowest BCUT2D eigenvalue weighted by molar-refractivity contribution is -0.140. The summed E-state index contributed by atoms with van der Waals surface area (Å²) in [6.07, 6.45) is 0.722. The molecule has 0 aliphatic rings. The average molecular weight is 246 g/mol. The van der Waals surface area contributed by atoms with Gasteiger partial charge in [-0.25, -0.2) is 9.59 Å². The number of methoxy groups -OCH3 is 1. The molecule has 0 aromatic carbocycles. The smallest absolute Gasteiger partial charge is 0.326 e. The molecule has 0 rings (SSSR count). The molecule has 2 N–H and O–H groups in total. The third-order valence-corrected chi connectivity index (χ3v) is 2.40. The van der Waals surface area contributed by atoms with Crippen LogP contribution < -0.4 is 5.32 Å². The number of rotatable bonds is 7. The van der Waals surface area contributed by atoms with E-state index in [1.165, 1.54) is 4.90 Å². The van der Waals surface area contributed by atoms with Crippen molar-refractivity contribution in [2.45, 2.75) is 26.3 Å². The molecule has 1 atom stereocenters. The number of carbonyl (C=O) groups is 2. The van der Waals surface area contributed by atoms with Crippen LogP contribution in [0.1, 0.15) is 20.3 Å². The first kappa shape index (κ1) is 15.7. The third-order valence-electron chi connectivity index (χ3n) is 2.40. The second-order valence-corrected chi connectivity index (χ2v) is 4.28. The van der Waals surface area contributed by atoms with Crippen LogP contribution in [0, 0.1) is 5.92 Å². The van der Waals surface area contributed by atoms with Crippen LogP contribution in [-0.2, 0) is 9.53 Å². The van der Waals surface area contributed by atoms with Gasteiger partial charge >= 0.3 is 12.0 Å². The second-order valence-electron chi connectivity index (χ2n) is 4.28. The zero-order valence-electron chi connectivity index (χ0n) is 10.9. The van der Waals surface area contributed by atoms with Gasteiger partial charge in [-0.05, 0) is 12.3 Å². The lowest BCUT2D eigenvalue weighted by Crippen LogP contribution is -2.49. The van der Waals surface area contributed by atoms with E-state index in [-0.39, 0.29) is 11.9 Å². The van der Waals surface area contributed by atoms with Crippen LogP contribution >= 0.6 is 0 Å². The van der Waals surface area contributed by atoms with E-state index in [0.717, 1.165) is 6.42 Å². The molecule has 0 radical (unpaired) electrons. The van der Waals surface area contributed by atoms with Gasteiger partial charge in [-0.15, -0.1) is 0 Å². The van der Waals surface area contributed by atoms with E-state index in [0.29, 0.717) is 13.2 Å². The number of hydrogen-bond acceptors (Lipinski definition) is 3. The maximum absolute atomic E-state index is 11.7. The number of carboxylic acid groups (broad SMARTS) is 1. The number of carboxylic acids is 1. The summed E-state index contributed by atoms with van der Waals surface area (Å²) in [6.45, 7) is 4.61. The Morgan fingerprint density at radius 3 is 2.41 bits per heavy atom. The first-order valence-corrected chi connectivity index (χ1v) is 5.63. The van der Waals surface area contributed by atoms with Gasteiger partial charge in [0.1, 0.15) is 6.04 Å². The number of aliphatic carboxylic acids is 1. The summed E-state index contributed by atoms with van der Waals surface area (Å²) >= 11 is 0. The van der Waals surface area contributed by atoms with Crippen molar-refractivity contribution in [3.63, 3.8) is 0 Å². The minimum atomic E-state index is -1.02. The van der Waals surface area contributed by atoms with Gasteiger partial charge in [0.15, 0.2) is 0 Å². The van der Waals surface area contributed by atoms with Crippen molar-refractivity contribution < 1.29 is 19.4 Å². The van der Waals surface area contributed by atoms with Crippen molar-refractivity contribution in [2.75, 3.05) is 27.3 Å². The number of amides is 2. The van der Waals surface area contributed by atoms with Crippen LogP contribution in [0.2, 0.25) is 0 Å². The lowest BCUT2D eigenvalue weighted by atomic mass is 10.1. The highest BCUT2D eigenvalue weighted by Crippen LogP contribution is 2.02. The van der Waals surface area contributed by atoms with Gasteiger partial charge in [0, 0.05) is 27.3 Å². The third kappa shape index (κ3) is 6.11. The molecular weight excluding hydrogens is 224 g/mol. The summed E-state index contributed by atoms with van der Waals surface area (Å²) in [7, 11) is 3.23. The molecule has 0 aliphatic carbocycles. The molecule has 0 aromatic rings. The van der Waals surface area contributed by atoms with Gasteiger partial charge in [0.05, 0.1) is 0 Å². The van der Waals surface area contributed by atoms with Gasteiger partial charge in [-0.2, -0.15) is 0 Å². The Kier molecular flexibility index (Phi) is 7.29. The minimum absolute atomic E-state index is 0.149. The Labute approximate surface area is 102 Å². The predicted octanol–water partition coefficient (Wildman–Crippen LogP) is 0.773. The number of carbonyl (C=O) groups excluding carboxylic acids is 1. The van der Waals surface area contributed by atoms with Crippen LogP contribution in [-0.4, -0.2) is 55.4 Å². The van der Waals surface area contributed by atoms with Gasteiger partial charge in [-0.3, -0.25) is 0 Å². The molecule has 0 fully saturated rings. The molecule has 0 aromatic heterocycles. The van der Waals surface area contributed by atoms with Crippen LogP contribution in [0.3, 0.4) is 0 Å². The fourth-order valence-electron chi connectivity index (χ4n) is 1.30. The molecule has 17 heavy (non-hydrogen) atoms. The molecule has 0 saturated heterocycles. The molecule has 0 saturated carbocycles. The van der Waals surface area contributed by atoms with Gasteiger partial charge in [0.25, 0.3) is 0 Å². The minimum Gasteiger partial charge on any atom is -0.480 e. The largest absolute Gasteiger partial charge is 0.480 e. The van der Waals surface area contributed by atoms with Crippen molar-refractivity contribution in [1.29, 1.82) is 0 Å². The highest BCUT2D eigenvalue weighted by molar-refractivity contribution is 5.82. The zero-order chi connectivity index (χ0) is 13.4. The topological polar surface area (TPSA) is 78.9 Å². The van der Waals surface area contributed by atoms with Crippen LogP contribution in [0.25, 0.3) is 0 Å². The van der Waals surface area contributed by atoms with E-state index < -0.39 is 12.0 Å². The van der Waals surface area contributed by atoms with Crippen molar-refractivity contribution >= 4 is 12.0 Å². The van der Waals surface area contributed by atoms with E-state index in [1.54, 1.807) is 28.0 Å². The Balaban J connectivity index is 4.16. The monoisotopic (exact) mass is 246 g/mol. The number of ether oxygens (including phenoxy) is 1. The van der Waals surface area contributed by atoms with Gasteiger partial charge in [0.2, 0.25) is 0 Å². The standard InChI is InChI=1S/C11H22N2O4/c1-8(2)9(10(14)15)12-11(16)13(3)6-5-7-17-4/h8-9H,5-7H2,1-4H3,(H,12,16)(H,14,15)/t9-/m1/s1. The first-order valence-electron chi connectivity index (χ1n) is 5.63. The summed E-state index contributed by atoms with van der Waals surface area (Å²) in [6, 6.07) is -1.23. The molecule has 0 spiro atoms. The van der Waals surface area contributed by atoms with E-state index in [1.807, 2.05) is 0 Å². The normalized spacial score (nSPS) is 12.3. The summed E-state index contributed by atoms with van der Waals surface area (Å²) in [5.74, 6) is -1.16. The zero-order valence-corrected chi connectivity index (χ0v) is 10.9. The summed E-state index contributed by atoms with van der Waals surface area (Å²) in [5, 5.41) is 11.4. The van der Waals surface area contributed by atoms with Crippen LogP contribution in [0.15, 0.2) is 0 Å². The van der Waals surface area contributed by atoms with Crippen molar-refractivity contribution in [1.82, 2.24) is 10.2 Å². The Morgan fingerprint density at radius 1 is 1.41 bits per heavy atom. The number of nitrogens with one attached hydrogen (secondary N) is 1. The van der Waals surface area contributed by atoms with E-state index >= 15 is 0 Å². The van der Waals surface area contributed by atoms with E-state index in [4.69, 9.17) is 9.84 Å². The maximum Gasteiger partial charge on any atom is 0.326 e. The fourth-order valence-corrected chi connectivity index (χ4v) is 1.30. The first-order chi connectivity index (χ1) is 7.90. The maximum atomic E-state index is 11.7. The van der Waals surface area contributed by atoms with Crippen molar-refractivity contribution in [2.24, 2.45) is 5.92 Å². The predicted molar refractivity (Wildman–Crippen MR) is 63.9 cm³/mol. The second kappa shape index (κ2) is 7.89.